The number of carbonyl (C=O) groups is 2. The van der Waals surface area contributed by atoms with Crippen LogP contribution in [0.5, 0.6) is 11.5 Å². The molecule has 1 fully saturated rings. The molecule has 2 N–H and O–H groups in total. The Bertz CT molecular complexity index is 1110. The van der Waals surface area contributed by atoms with E-state index in [9.17, 15) is 9.59 Å². The normalized spacial score (nSPS) is 14.2. The average Bonchev–Trinajstić information content (AvgIpc) is 2.89. The minimum atomic E-state index is -0.141. The van der Waals surface area contributed by atoms with Gasteiger partial charge in [-0.25, -0.2) is 0 Å². The van der Waals surface area contributed by atoms with Crippen molar-refractivity contribution in [2.24, 2.45) is 0 Å². The highest BCUT2D eigenvalue weighted by molar-refractivity contribution is 5.95. The van der Waals surface area contributed by atoms with Crippen molar-refractivity contribution in [1.29, 1.82) is 0 Å². The molecule has 2 amide bonds. The average molecular weight is 474 g/mol. The van der Waals surface area contributed by atoms with Crippen molar-refractivity contribution in [2.45, 2.75) is 25.5 Å². The lowest BCUT2D eigenvalue weighted by Crippen LogP contribution is -2.46. The van der Waals surface area contributed by atoms with Crippen molar-refractivity contribution >= 4 is 17.5 Å². The fourth-order valence-electron chi connectivity index (χ4n) is 4.09. The van der Waals surface area contributed by atoms with Crippen molar-refractivity contribution in [3.63, 3.8) is 0 Å². The highest BCUT2D eigenvalue weighted by Crippen LogP contribution is 2.29. The van der Waals surface area contributed by atoms with Crippen LogP contribution in [0.3, 0.4) is 0 Å². The Morgan fingerprint density at radius 3 is 2.29 bits per heavy atom. The highest BCUT2D eigenvalue weighted by atomic mass is 16.5. The summed E-state index contributed by atoms with van der Waals surface area (Å²) in [6.45, 7) is 2.27. The monoisotopic (exact) mass is 473 g/mol. The van der Waals surface area contributed by atoms with Gasteiger partial charge in [-0.1, -0.05) is 48.5 Å². The first-order chi connectivity index (χ1) is 17.1. The van der Waals surface area contributed by atoms with E-state index in [1.807, 2.05) is 60.7 Å². The van der Waals surface area contributed by atoms with Crippen LogP contribution in [0.4, 0.5) is 5.69 Å². The molecule has 182 valence electrons. The zero-order valence-electron chi connectivity index (χ0n) is 19.9. The summed E-state index contributed by atoms with van der Waals surface area (Å²) in [5.74, 6) is 0.946. The number of hydrogen-bond donors (Lipinski definition) is 2. The van der Waals surface area contributed by atoms with E-state index >= 15 is 0 Å². The lowest BCUT2D eigenvalue weighted by molar-refractivity contribution is -0.117. The first-order valence-electron chi connectivity index (χ1n) is 11.8. The van der Waals surface area contributed by atoms with Crippen molar-refractivity contribution in [3.8, 4) is 11.5 Å². The number of carbonyl (C=O) groups excluding carboxylic acids is 2. The van der Waals surface area contributed by atoms with Crippen LogP contribution in [0.1, 0.15) is 28.8 Å². The molecule has 7 nitrogen and oxygen atoms in total. The molecular formula is C28H31N3O4. The Balaban J connectivity index is 1.24. The first kappa shape index (κ1) is 24.3. The fourth-order valence-corrected chi connectivity index (χ4v) is 4.09. The largest absolute Gasteiger partial charge is 0.493 e. The van der Waals surface area contributed by atoms with E-state index < -0.39 is 0 Å². The van der Waals surface area contributed by atoms with E-state index in [0.29, 0.717) is 30.2 Å². The third kappa shape index (κ3) is 7.07. The quantitative estimate of drug-likeness (QED) is 0.489. The number of rotatable bonds is 9. The number of anilines is 1. The molecule has 35 heavy (non-hydrogen) atoms. The molecule has 0 aliphatic carbocycles. The third-order valence-corrected chi connectivity index (χ3v) is 6.01. The molecule has 0 unspecified atom stereocenters. The maximum atomic E-state index is 12.8. The minimum Gasteiger partial charge on any atom is -0.493 e. The van der Waals surface area contributed by atoms with Gasteiger partial charge in [0, 0.05) is 30.4 Å². The van der Waals surface area contributed by atoms with Gasteiger partial charge in [-0.05, 0) is 48.7 Å². The molecule has 0 saturated carbocycles. The van der Waals surface area contributed by atoms with Crippen LogP contribution in [0.15, 0.2) is 78.9 Å². The number of hydrogen-bond acceptors (Lipinski definition) is 5. The van der Waals surface area contributed by atoms with Gasteiger partial charge in [0.2, 0.25) is 5.91 Å². The number of nitrogens with one attached hydrogen (secondary N) is 2. The Morgan fingerprint density at radius 2 is 1.60 bits per heavy atom. The molecule has 0 atom stereocenters. The highest BCUT2D eigenvalue weighted by Gasteiger charge is 2.23. The van der Waals surface area contributed by atoms with Crippen molar-refractivity contribution in [3.05, 3.63) is 90.0 Å². The van der Waals surface area contributed by atoms with Gasteiger partial charge in [-0.2, -0.15) is 0 Å². The first-order valence-corrected chi connectivity index (χ1v) is 11.8. The number of nitrogens with zero attached hydrogens (tertiary/aromatic N) is 1. The molecule has 4 rings (SSSR count). The number of likely N-dealkylation sites (tertiary alicyclic amines) is 1. The second-order valence-electron chi connectivity index (χ2n) is 8.58. The van der Waals surface area contributed by atoms with Gasteiger partial charge >= 0.3 is 0 Å². The second kappa shape index (κ2) is 12.0. The Hall–Kier alpha value is -3.84. The maximum absolute atomic E-state index is 12.8. The summed E-state index contributed by atoms with van der Waals surface area (Å²) in [7, 11) is 1.57. The van der Waals surface area contributed by atoms with Crippen molar-refractivity contribution in [1.82, 2.24) is 10.2 Å². The Labute approximate surface area is 206 Å². The van der Waals surface area contributed by atoms with Crippen LogP contribution >= 0.6 is 0 Å². The van der Waals surface area contributed by atoms with Crippen molar-refractivity contribution in [2.75, 3.05) is 32.1 Å². The van der Waals surface area contributed by atoms with Crippen LogP contribution in [-0.2, 0) is 11.4 Å². The summed E-state index contributed by atoms with van der Waals surface area (Å²) in [6, 6.07) is 24.6. The molecule has 0 aromatic heterocycles. The van der Waals surface area contributed by atoms with E-state index in [-0.39, 0.29) is 17.9 Å². The predicted molar refractivity (Wildman–Crippen MR) is 136 cm³/mol. The molecule has 0 spiro atoms. The topological polar surface area (TPSA) is 79.9 Å². The maximum Gasteiger partial charge on any atom is 0.251 e. The lowest BCUT2D eigenvalue weighted by Gasteiger charge is -2.31. The molecule has 0 radical (unpaired) electrons. The number of piperidine rings is 1. The molecule has 1 heterocycles. The fraction of sp³-hybridized carbons (Fsp3) is 0.286. The number of para-hydroxylation sites is 1. The Kier molecular flexibility index (Phi) is 8.35. The molecule has 1 aliphatic heterocycles. The molecular weight excluding hydrogens is 442 g/mol. The lowest BCUT2D eigenvalue weighted by atomic mass is 10.0. The summed E-state index contributed by atoms with van der Waals surface area (Å²) in [6.07, 6.45) is 1.58. The predicted octanol–water partition coefficient (Wildman–Crippen LogP) is 4.11. The Morgan fingerprint density at radius 1 is 0.914 bits per heavy atom. The van der Waals surface area contributed by atoms with E-state index in [0.717, 1.165) is 37.2 Å². The number of methoxy groups -OCH3 is 1. The van der Waals surface area contributed by atoms with Crippen LogP contribution in [0.2, 0.25) is 0 Å². The van der Waals surface area contributed by atoms with Crippen LogP contribution < -0.4 is 20.1 Å². The molecule has 1 saturated heterocycles. The standard InChI is InChI=1S/C28H31N3O4/c1-34-26-18-22(12-13-25(26)35-20-21-8-4-2-5-9-21)28(33)30-24-14-16-31(17-15-24)19-27(32)29-23-10-6-3-7-11-23/h2-13,18,24H,14-17,19-20H2,1H3,(H,29,32)(H,30,33). The second-order valence-corrected chi connectivity index (χ2v) is 8.58. The van der Waals surface area contributed by atoms with Gasteiger partial charge in [0.25, 0.3) is 5.91 Å². The summed E-state index contributed by atoms with van der Waals surface area (Å²) >= 11 is 0. The van der Waals surface area contributed by atoms with E-state index in [1.165, 1.54) is 0 Å². The molecule has 3 aromatic rings. The van der Waals surface area contributed by atoms with Gasteiger partial charge in [0.05, 0.1) is 13.7 Å². The van der Waals surface area contributed by atoms with Gasteiger partial charge in [0.1, 0.15) is 6.61 Å². The van der Waals surface area contributed by atoms with Gasteiger partial charge in [-0.15, -0.1) is 0 Å². The minimum absolute atomic E-state index is 0.0275. The summed E-state index contributed by atoms with van der Waals surface area (Å²) in [4.78, 5) is 27.3. The number of benzene rings is 3. The molecule has 1 aliphatic rings. The summed E-state index contributed by atoms with van der Waals surface area (Å²) in [5.41, 5.74) is 2.38. The molecule has 3 aromatic carbocycles. The summed E-state index contributed by atoms with van der Waals surface area (Å²) < 4.78 is 11.3. The number of amides is 2. The SMILES string of the molecule is COc1cc(C(=O)NC2CCN(CC(=O)Nc3ccccc3)CC2)ccc1OCc1ccccc1. The van der Waals surface area contributed by atoms with Gasteiger partial charge < -0.3 is 20.1 Å². The molecule has 7 heteroatoms. The smallest absolute Gasteiger partial charge is 0.251 e. The van der Waals surface area contributed by atoms with E-state index in [1.54, 1.807) is 25.3 Å². The van der Waals surface area contributed by atoms with Crippen molar-refractivity contribution < 1.29 is 19.1 Å². The zero-order chi connectivity index (χ0) is 24.5. The van der Waals surface area contributed by atoms with E-state index in [4.69, 9.17) is 9.47 Å². The van der Waals surface area contributed by atoms with E-state index in [2.05, 4.69) is 15.5 Å². The van der Waals surface area contributed by atoms with Gasteiger partial charge in [0.15, 0.2) is 11.5 Å². The zero-order valence-corrected chi connectivity index (χ0v) is 19.9. The molecule has 0 bridgehead atoms. The van der Waals surface area contributed by atoms with Crippen LogP contribution in [0, 0.1) is 0 Å². The van der Waals surface area contributed by atoms with Crippen LogP contribution in [0.25, 0.3) is 0 Å². The van der Waals surface area contributed by atoms with Crippen LogP contribution in [-0.4, -0.2) is 49.5 Å². The third-order valence-electron chi connectivity index (χ3n) is 6.01. The number of ether oxygens (including phenoxy) is 2. The van der Waals surface area contributed by atoms with Gasteiger partial charge in [-0.3, -0.25) is 14.5 Å². The summed E-state index contributed by atoms with van der Waals surface area (Å²) in [5, 5.41) is 6.03.